The summed E-state index contributed by atoms with van der Waals surface area (Å²) in [6, 6.07) is 17.9. The fraction of sp³-hybridized carbons (Fsp3) is 0.200. The second kappa shape index (κ2) is 7.59. The van der Waals surface area contributed by atoms with Gasteiger partial charge in [0.1, 0.15) is 0 Å². The lowest BCUT2D eigenvalue weighted by Crippen LogP contribution is -2.13. The highest BCUT2D eigenvalue weighted by atomic mass is 16.1. The van der Waals surface area contributed by atoms with Gasteiger partial charge >= 0.3 is 0 Å². The summed E-state index contributed by atoms with van der Waals surface area (Å²) in [5.41, 5.74) is 4.13. The van der Waals surface area contributed by atoms with Gasteiger partial charge in [-0.05, 0) is 42.2 Å². The van der Waals surface area contributed by atoms with Gasteiger partial charge in [-0.2, -0.15) is 5.10 Å². The number of rotatable bonds is 6. The fourth-order valence-corrected chi connectivity index (χ4v) is 2.63. The molecule has 1 heterocycles. The molecule has 3 aromatic rings. The summed E-state index contributed by atoms with van der Waals surface area (Å²) in [6.07, 6.45) is 5.81. The van der Waals surface area contributed by atoms with Crippen LogP contribution in [0.4, 0.5) is 5.69 Å². The SMILES string of the molecule is CCc1ccccc1NC(=O)CCc1cnn(-c2ccccc2)c1. The van der Waals surface area contributed by atoms with Crippen LogP contribution in [-0.2, 0) is 17.6 Å². The molecule has 0 fully saturated rings. The molecule has 0 aliphatic heterocycles. The Balaban J connectivity index is 1.58. The van der Waals surface area contributed by atoms with Crippen molar-refractivity contribution in [2.45, 2.75) is 26.2 Å². The highest BCUT2D eigenvalue weighted by Gasteiger charge is 2.07. The average molecular weight is 319 g/mol. The number of anilines is 1. The number of amides is 1. The Kier molecular flexibility index (Phi) is 5.06. The van der Waals surface area contributed by atoms with Crippen molar-refractivity contribution in [3.8, 4) is 5.69 Å². The molecule has 0 atom stereocenters. The third-order valence-electron chi connectivity index (χ3n) is 3.97. The maximum absolute atomic E-state index is 12.2. The van der Waals surface area contributed by atoms with Crippen molar-refractivity contribution in [3.05, 3.63) is 78.1 Å². The van der Waals surface area contributed by atoms with Crippen LogP contribution >= 0.6 is 0 Å². The third-order valence-corrected chi connectivity index (χ3v) is 3.97. The van der Waals surface area contributed by atoms with Crippen molar-refractivity contribution in [3.63, 3.8) is 0 Å². The van der Waals surface area contributed by atoms with Crippen molar-refractivity contribution >= 4 is 11.6 Å². The molecule has 4 heteroatoms. The Morgan fingerprint density at radius 2 is 1.83 bits per heavy atom. The van der Waals surface area contributed by atoms with Crippen molar-refractivity contribution in [2.24, 2.45) is 0 Å². The molecule has 0 saturated carbocycles. The van der Waals surface area contributed by atoms with E-state index in [-0.39, 0.29) is 5.91 Å². The second-order valence-electron chi connectivity index (χ2n) is 5.69. The molecule has 4 nitrogen and oxygen atoms in total. The van der Waals surface area contributed by atoms with Gasteiger partial charge in [0.2, 0.25) is 5.91 Å². The minimum Gasteiger partial charge on any atom is -0.326 e. The molecule has 0 aliphatic carbocycles. The first-order chi connectivity index (χ1) is 11.8. The van der Waals surface area contributed by atoms with E-state index in [1.54, 1.807) is 0 Å². The maximum atomic E-state index is 12.2. The molecule has 122 valence electrons. The van der Waals surface area contributed by atoms with Crippen molar-refractivity contribution in [2.75, 3.05) is 5.32 Å². The molecular weight excluding hydrogens is 298 g/mol. The first kappa shape index (κ1) is 16.0. The molecule has 1 N–H and O–H groups in total. The molecule has 24 heavy (non-hydrogen) atoms. The van der Waals surface area contributed by atoms with Crippen molar-refractivity contribution in [1.82, 2.24) is 9.78 Å². The molecule has 1 amide bonds. The smallest absolute Gasteiger partial charge is 0.224 e. The Bertz CT molecular complexity index is 809. The molecular formula is C20H21N3O. The lowest BCUT2D eigenvalue weighted by molar-refractivity contribution is -0.116. The summed E-state index contributed by atoms with van der Waals surface area (Å²) in [5.74, 6) is 0.0309. The van der Waals surface area contributed by atoms with Gasteiger partial charge in [-0.15, -0.1) is 0 Å². The number of benzene rings is 2. The predicted molar refractivity (Wildman–Crippen MR) is 96.3 cm³/mol. The standard InChI is InChI=1S/C20H21N3O/c1-2-17-8-6-7-11-19(17)22-20(24)13-12-16-14-21-23(15-16)18-9-4-3-5-10-18/h3-11,14-15H,2,12-13H2,1H3,(H,22,24). The van der Waals surface area contributed by atoms with Gasteiger partial charge in [0.15, 0.2) is 0 Å². The number of para-hydroxylation sites is 2. The second-order valence-corrected chi connectivity index (χ2v) is 5.69. The molecule has 0 saturated heterocycles. The van der Waals surface area contributed by atoms with Crippen LogP contribution in [0.5, 0.6) is 0 Å². The van der Waals surface area contributed by atoms with Gasteiger partial charge in [-0.25, -0.2) is 4.68 Å². The van der Waals surface area contributed by atoms with E-state index in [1.807, 2.05) is 71.7 Å². The van der Waals surface area contributed by atoms with Crippen LogP contribution in [0.3, 0.4) is 0 Å². The summed E-state index contributed by atoms with van der Waals surface area (Å²) in [7, 11) is 0. The highest BCUT2D eigenvalue weighted by molar-refractivity contribution is 5.91. The maximum Gasteiger partial charge on any atom is 0.224 e. The Labute approximate surface area is 142 Å². The summed E-state index contributed by atoms with van der Waals surface area (Å²) in [4.78, 5) is 12.2. The van der Waals surface area contributed by atoms with E-state index in [1.165, 1.54) is 0 Å². The van der Waals surface area contributed by atoms with Gasteiger partial charge < -0.3 is 5.32 Å². The first-order valence-electron chi connectivity index (χ1n) is 8.23. The lowest BCUT2D eigenvalue weighted by Gasteiger charge is -2.09. The molecule has 0 aliphatic rings. The van der Waals surface area contributed by atoms with Crippen LogP contribution in [0.2, 0.25) is 0 Å². The number of carbonyl (C=O) groups is 1. The van der Waals surface area contributed by atoms with Gasteiger partial charge in [0.05, 0.1) is 11.9 Å². The minimum atomic E-state index is 0.0309. The number of nitrogens with zero attached hydrogens (tertiary/aromatic N) is 2. The van der Waals surface area contributed by atoms with E-state index < -0.39 is 0 Å². The van der Waals surface area contributed by atoms with Crippen LogP contribution in [-0.4, -0.2) is 15.7 Å². The number of aromatic nitrogens is 2. The Hall–Kier alpha value is -2.88. The minimum absolute atomic E-state index is 0.0309. The van der Waals surface area contributed by atoms with E-state index in [4.69, 9.17) is 0 Å². The van der Waals surface area contributed by atoms with E-state index in [0.29, 0.717) is 12.8 Å². The Morgan fingerprint density at radius 3 is 2.62 bits per heavy atom. The summed E-state index contributed by atoms with van der Waals surface area (Å²) >= 11 is 0. The van der Waals surface area contributed by atoms with Crippen LogP contribution in [0, 0.1) is 0 Å². The van der Waals surface area contributed by atoms with Crippen LogP contribution in [0.1, 0.15) is 24.5 Å². The Morgan fingerprint density at radius 1 is 1.08 bits per heavy atom. The molecule has 0 spiro atoms. The predicted octanol–water partition coefficient (Wildman–Crippen LogP) is 4.01. The van der Waals surface area contributed by atoms with Gasteiger partial charge in [0, 0.05) is 18.3 Å². The van der Waals surface area contributed by atoms with E-state index in [0.717, 1.165) is 28.9 Å². The van der Waals surface area contributed by atoms with Gasteiger partial charge in [-0.1, -0.05) is 43.3 Å². The number of hydrogen-bond acceptors (Lipinski definition) is 2. The zero-order valence-corrected chi connectivity index (χ0v) is 13.8. The number of nitrogens with one attached hydrogen (secondary N) is 1. The first-order valence-corrected chi connectivity index (χ1v) is 8.23. The normalized spacial score (nSPS) is 10.5. The quantitative estimate of drug-likeness (QED) is 0.746. The molecule has 0 unspecified atom stereocenters. The van der Waals surface area contributed by atoms with Gasteiger partial charge in [0.25, 0.3) is 0 Å². The highest BCUT2D eigenvalue weighted by Crippen LogP contribution is 2.16. The van der Waals surface area contributed by atoms with Crippen LogP contribution < -0.4 is 5.32 Å². The van der Waals surface area contributed by atoms with E-state index in [9.17, 15) is 4.79 Å². The largest absolute Gasteiger partial charge is 0.326 e. The summed E-state index contributed by atoms with van der Waals surface area (Å²) in [6.45, 7) is 2.09. The average Bonchev–Trinajstić information content (AvgIpc) is 3.10. The molecule has 0 radical (unpaired) electrons. The van der Waals surface area contributed by atoms with Crippen LogP contribution in [0.25, 0.3) is 5.69 Å². The van der Waals surface area contributed by atoms with E-state index in [2.05, 4.69) is 17.3 Å². The lowest BCUT2D eigenvalue weighted by atomic mass is 10.1. The third kappa shape index (κ3) is 3.90. The zero-order valence-electron chi connectivity index (χ0n) is 13.8. The summed E-state index contributed by atoms with van der Waals surface area (Å²) < 4.78 is 1.83. The number of aryl methyl sites for hydroxylation is 2. The monoisotopic (exact) mass is 319 g/mol. The molecule has 3 rings (SSSR count). The molecule has 1 aromatic heterocycles. The van der Waals surface area contributed by atoms with Gasteiger partial charge in [-0.3, -0.25) is 4.79 Å². The fourth-order valence-electron chi connectivity index (χ4n) is 2.63. The number of hydrogen-bond donors (Lipinski definition) is 1. The summed E-state index contributed by atoms with van der Waals surface area (Å²) in [5, 5.41) is 7.36. The van der Waals surface area contributed by atoms with E-state index >= 15 is 0 Å². The topological polar surface area (TPSA) is 46.9 Å². The zero-order chi connectivity index (χ0) is 16.8. The van der Waals surface area contributed by atoms with Crippen molar-refractivity contribution in [1.29, 1.82) is 0 Å². The molecule has 0 bridgehead atoms. The number of carbonyl (C=O) groups excluding carboxylic acids is 1. The molecule has 2 aromatic carbocycles. The van der Waals surface area contributed by atoms with Crippen LogP contribution in [0.15, 0.2) is 67.0 Å². The van der Waals surface area contributed by atoms with Crippen molar-refractivity contribution < 1.29 is 4.79 Å².